The second-order valence-electron chi connectivity index (χ2n) is 2.67. The highest BCUT2D eigenvalue weighted by molar-refractivity contribution is 5.99. The summed E-state index contributed by atoms with van der Waals surface area (Å²) >= 11 is 0. The first-order valence-electron chi connectivity index (χ1n) is 4.06. The molecule has 72 valence electrons. The number of hydrogen-bond acceptors (Lipinski definition) is 2. The zero-order valence-corrected chi connectivity index (χ0v) is 7.80. The van der Waals surface area contributed by atoms with E-state index < -0.39 is 0 Å². The molecule has 0 amide bonds. The summed E-state index contributed by atoms with van der Waals surface area (Å²) in [4.78, 5) is 0. The number of benzene rings is 1. The number of rotatable bonds is 2. The van der Waals surface area contributed by atoms with Crippen LogP contribution < -0.4 is 0 Å². The average Bonchev–Trinajstić information content (AvgIpc) is 2.17. The maximum Gasteiger partial charge on any atom is 0.123 e. The van der Waals surface area contributed by atoms with Crippen LogP contribution in [0.15, 0.2) is 24.3 Å². The molecule has 2 nitrogen and oxygen atoms in total. The van der Waals surface area contributed by atoms with Crippen molar-refractivity contribution in [2.75, 3.05) is 13.7 Å². The Labute approximate surface area is 82.2 Å². The minimum atomic E-state index is -0.289. The molecule has 0 fully saturated rings. The minimum Gasteiger partial charge on any atom is -0.378 e. The SMILES string of the molecule is COCC(=N)C#Cc1ccc(F)cc1. The van der Waals surface area contributed by atoms with Crippen LogP contribution >= 0.6 is 0 Å². The largest absolute Gasteiger partial charge is 0.378 e. The fourth-order valence-corrected chi connectivity index (χ4v) is 0.861. The summed E-state index contributed by atoms with van der Waals surface area (Å²) in [5, 5.41) is 7.31. The van der Waals surface area contributed by atoms with Gasteiger partial charge in [-0.3, -0.25) is 5.41 Å². The molecule has 14 heavy (non-hydrogen) atoms. The predicted octanol–water partition coefficient (Wildman–Crippen LogP) is 1.84. The van der Waals surface area contributed by atoms with Gasteiger partial charge in [-0.1, -0.05) is 5.92 Å². The Morgan fingerprint density at radius 1 is 1.43 bits per heavy atom. The number of hydrogen-bond donors (Lipinski definition) is 1. The molecular weight excluding hydrogens is 181 g/mol. The molecule has 0 saturated heterocycles. The van der Waals surface area contributed by atoms with Crippen molar-refractivity contribution < 1.29 is 9.13 Å². The molecule has 0 unspecified atom stereocenters. The average molecular weight is 191 g/mol. The van der Waals surface area contributed by atoms with Gasteiger partial charge in [-0.2, -0.15) is 0 Å². The van der Waals surface area contributed by atoms with E-state index in [1.54, 1.807) is 12.1 Å². The molecule has 3 heteroatoms. The number of ether oxygens (including phenoxy) is 1. The van der Waals surface area contributed by atoms with Crippen molar-refractivity contribution in [1.82, 2.24) is 0 Å². The summed E-state index contributed by atoms with van der Waals surface area (Å²) in [5.41, 5.74) is 0.893. The van der Waals surface area contributed by atoms with Crippen LogP contribution in [0.5, 0.6) is 0 Å². The minimum absolute atomic E-state index is 0.203. The zero-order chi connectivity index (χ0) is 10.4. The van der Waals surface area contributed by atoms with Gasteiger partial charge in [0.05, 0.1) is 6.61 Å². The second-order valence-corrected chi connectivity index (χ2v) is 2.67. The smallest absolute Gasteiger partial charge is 0.123 e. The lowest BCUT2D eigenvalue weighted by atomic mass is 10.2. The van der Waals surface area contributed by atoms with E-state index in [0.717, 1.165) is 0 Å². The van der Waals surface area contributed by atoms with Gasteiger partial charge in [0.2, 0.25) is 0 Å². The fourth-order valence-electron chi connectivity index (χ4n) is 0.861. The molecule has 0 saturated carbocycles. The summed E-state index contributed by atoms with van der Waals surface area (Å²) in [5.74, 6) is 5.05. The van der Waals surface area contributed by atoms with Crippen LogP contribution in [0, 0.1) is 23.1 Å². The van der Waals surface area contributed by atoms with Gasteiger partial charge in [-0.05, 0) is 30.2 Å². The van der Waals surface area contributed by atoms with Crippen molar-refractivity contribution in [2.45, 2.75) is 0 Å². The quantitative estimate of drug-likeness (QED) is 0.561. The van der Waals surface area contributed by atoms with Gasteiger partial charge in [-0.15, -0.1) is 0 Å². The Balaban J connectivity index is 2.68. The van der Waals surface area contributed by atoms with Crippen LogP contribution in [0.2, 0.25) is 0 Å². The van der Waals surface area contributed by atoms with Gasteiger partial charge in [0.25, 0.3) is 0 Å². The van der Waals surface area contributed by atoms with Crippen LogP contribution in [0.4, 0.5) is 4.39 Å². The van der Waals surface area contributed by atoms with Gasteiger partial charge in [-0.25, -0.2) is 4.39 Å². The van der Waals surface area contributed by atoms with E-state index in [1.807, 2.05) is 0 Å². The molecule has 0 aliphatic heterocycles. The molecular formula is C11H10FNO. The second kappa shape index (κ2) is 5.15. The van der Waals surface area contributed by atoms with E-state index in [1.165, 1.54) is 19.2 Å². The Morgan fingerprint density at radius 3 is 2.64 bits per heavy atom. The Kier molecular flexibility index (Phi) is 3.84. The van der Waals surface area contributed by atoms with Crippen molar-refractivity contribution in [3.05, 3.63) is 35.6 Å². The summed E-state index contributed by atoms with van der Waals surface area (Å²) in [6, 6.07) is 5.82. The molecule has 0 aliphatic carbocycles. The van der Waals surface area contributed by atoms with Crippen molar-refractivity contribution in [3.63, 3.8) is 0 Å². The van der Waals surface area contributed by atoms with Crippen LogP contribution in [0.3, 0.4) is 0 Å². The lowest BCUT2D eigenvalue weighted by molar-refractivity contribution is 0.245. The van der Waals surface area contributed by atoms with Crippen LogP contribution in [0.25, 0.3) is 0 Å². The Bertz CT molecular complexity index is 373. The third kappa shape index (κ3) is 3.38. The van der Waals surface area contributed by atoms with Crippen molar-refractivity contribution in [3.8, 4) is 11.8 Å². The highest BCUT2D eigenvalue weighted by atomic mass is 19.1. The van der Waals surface area contributed by atoms with Crippen molar-refractivity contribution in [2.24, 2.45) is 0 Å². The molecule has 1 rings (SSSR count). The summed E-state index contributed by atoms with van der Waals surface area (Å²) in [6.45, 7) is 0.203. The van der Waals surface area contributed by atoms with E-state index in [9.17, 15) is 4.39 Å². The van der Waals surface area contributed by atoms with Gasteiger partial charge in [0.15, 0.2) is 0 Å². The normalized spacial score (nSPS) is 9.00. The summed E-state index contributed by atoms with van der Waals surface area (Å²) in [7, 11) is 1.51. The first kappa shape index (κ1) is 10.4. The number of methoxy groups -OCH3 is 1. The summed E-state index contributed by atoms with van der Waals surface area (Å²) < 4.78 is 17.2. The van der Waals surface area contributed by atoms with Crippen molar-refractivity contribution in [1.29, 1.82) is 5.41 Å². The third-order valence-corrected chi connectivity index (χ3v) is 1.49. The maximum absolute atomic E-state index is 12.5. The van der Waals surface area contributed by atoms with E-state index in [4.69, 9.17) is 10.1 Å². The lowest BCUT2D eigenvalue weighted by Gasteiger charge is -1.91. The highest BCUT2D eigenvalue weighted by Crippen LogP contribution is 2.00. The molecule has 1 aromatic rings. The van der Waals surface area contributed by atoms with E-state index in [2.05, 4.69) is 11.8 Å². The molecule has 0 aliphatic rings. The molecule has 0 heterocycles. The van der Waals surface area contributed by atoms with Gasteiger partial charge in [0.1, 0.15) is 11.5 Å². The first-order chi connectivity index (χ1) is 6.72. The van der Waals surface area contributed by atoms with Gasteiger partial charge < -0.3 is 4.74 Å². The van der Waals surface area contributed by atoms with Gasteiger partial charge >= 0.3 is 0 Å². The van der Waals surface area contributed by atoms with Crippen LogP contribution in [-0.4, -0.2) is 19.4 Å². The predicted molar refractivity (Wildman–Crippen MR) is 52.9 cm³/mol. The van der Waals surface area contributed by atoms with Crippen LogP contribution in [0.1, 0.15) is 5.56 Å². The fraction of sp³-hybridized carbons (Fsp3) is 0.182. The molecule has 0 bridgehead atoms. The standard InChI is InChI=1S/C11H10FNO/c1-14-8-11(13)7-4-9-2-5-10(12)6-3-9/h2-3,5-6,13H,8H2,1H3. The summed E-state index contributed by atoms with van der Waals surface area (Å²) in [6.07, 6.45) is 0. The van der Waals surface area contributed by atoms with E-state index in [0.29, 0.717) is 5.56 Å². The number of halogens is 1. The van der Waals surface area contributed by atoms with E-state index >= 15 is 0 Å². The molecule has 0 atom stereocenters. The highest BCUT2D eigenvalue weighted by Gasteiger charge is 1.90. The third-order valence-electron chi connectivity index (χ3n) is 1.49. The molecule has 0 aromatic heterocycles. The first-order valence-corrected chi connectivity index (χ1v) is 4.06. The molecule has 0 spiro atoms. The monoisotopic (exact) mass is 191 g/mol. The number of nitrogens with one attached hydrogen (secondary N) is 1. The van der Waals surface area contributed by atoms with Crippen molar-refractivity contribution >= 4 is 5.71 Å². The van der Waals surface area contributed by atoms with Gasteiger partial charge in [0, 0.05) is 12.7 Å². The Hall–Kier alpha value is -1.66. The molecule has 1 aromatic carbocycles. The maximum atomic E-state index is 12.5. The van der Waals surface area contributed by atoms with E-state index in [-0.39, 0.29) is 18.1 Å². The molecule has 1 N–H and O–H groups in total. The Morgan fingerprint density at radius 2 is 2.07 bits per heavy atom. The zero-order valence-electron chi connectivity index (χ0n) is 7.80. The topological polar surface area (TPSA) is 33.1 Å². The lowest BCUT2D eigenvalue weighted by Crippen LogP contribution is -2.01. The van der Waals surface area contributed by atoms with Crippen LogP contribution in [-0.2, 0) is 4.74 Å². The molecule has 0 radical (unpaired) electrons.